The summed E-state index contributed by atoms with van der Waals surface area (Å²) in [7, 11) is -4.10. The van der Waals surface area contributed by atoms with Crippen molar-refractivity contribution in [1.29, 1.82) is 0 Å². The van der Waals surface area contributed by atoms with Crippen LogP contribution in [0.1, 0.15) is 0 Å². The zero-order chi connectivity index (χ0) is 11.9. The first-order valence-electron chi connectivity index (χ1n) is 3.86. The van der Waals surface area contributed by atoms with E-state index in [-0.39, 0.29) is 33.4 Å². The van der Waals surface area contributed by atoms with Gasteiger partial charge in [-0.3, -0.25) is 15.3 Å². The van der Waals surface area contributed by atoms with Gasteiger partial charge in [0.25, 0.3) is 5.69 Å². The summed E-state index contributed by atoms with van der Waals surface area (Å²) in [5.41, 5.74) is -0.495. The minimum atomic E-state index is -4.10. The molecule has 0 spiro atoms. The number of nitrogens with zero attached hydrogens (tertiary/aromatic N) is 4. The standard InChI is InChI=1S/C6H4N5O4S.Ag/c7-16(14,15)5-2-3(11(12)13)1-4-6(5)9-10-8-4;/h1-2H,(H2-,7,8,9,10,14,15);/q-1;+1. The van der Waals surface area contributed by atoms with Crippen LogP contribution in [-0.2, 0) is 32.4 Å². The molecule has 2 N–H and O–H groups in total. The van der Waals surface area contributed by atoms with Gasteiger partial charge in [-0.2, -0.15) is 0 Å². The quantitative estimate of drug-likeness (QED) is 0.422. The summed E-state index contributed by atoms with van der Waals surface area (Å²) < 4.78 is 22.4. The van der Waals surface area contributed by atoms with Gasteiger partial charge in [0.05, 0.1) is 9.82 Å². The fraction of sp³-hybridized carbons (Fsp3) is 0. The number of nitro groups is 1. The van der Waals surface area contributed by atoms with E-state index in [2.05, 4.69) is 15.4 Å². The summed E-state index contributed by atoms with van der Waals surface area (Å²) in [6.07, 6.45) is 0. The molecule has 0 saturated heterocycles. The Morgan fingerprint density at radius 1 is 1.41 bits per heavy atom. The molecule has 1 aromatic carbocycles. The van der Waals surface area contributed by atoms with Crippen molar-refractivity contribution in [2.24, 2.45) is 5.14 Å². The smallest absolute Gasteiger partial charge is 0.350 e. The Morgan fingerprint density at radius 3 is 2.59 bits per heavy atom. The molecule has 0 bridgehead atoms. The van der Waals surface area contributed by atoms with Crippen LogP contribution in [0.4, 0.5) is 5.69 Å². The van der Waals surface area contributed by atoms with Crippen LogP contribution < -0.4 is 10.2 Å². The predicted molar refractivity (Wildman–Crippen MR) is 50.9 cm³/mol. The Bertz CT molecular complexity index is 681. The van der Waals surface area contributed by atoms with E-state index in [1.807, 2.05) is 0 Å². The fourth-order valence-corrected chi connectivity index (χ4v) is 1.89. The molecular weight excluding hydrogens is 346 g/mol. The molecule has 0 radical (unpaired) electrons. The molecule has 0 atom stereocenters. The second-order valence-electron chi connectivity index (χ2n) is 2.90. The number of hydrogen-bond donors (Lipinski definition) is 1. The normalized spacial score (nSPS) is 11.1. The van der Waals surface area contributed by atoms with Crippen LogP contribution in [0, 0.1) is 10.1 Å². The average Bonchev–Trinajstić information content (AvgIpc) is 2.61. The van der Waals surface area contributed by atoms with Crippen molar-refractivity contribution >= 4 is 26.7 Å². The second-order valence-corrected chi connectivity index (χ2v) is 4.43. The fourth-order valence-electron chi connectivity index (χ4n) is 1.19. The number of aromatic nitrogens is 3. The average molecular weight is 350 g/mol. The van der Waals surface area contributed by atoms with Crippen LogP contribution in [-0.4, -0.2) is 23.7 Å². The van der Waals surface area contributed by atoms with Gasteiger partial charge in [-0.15, -0.1) is 0 Å². The molecule has 0 aliphatic heterocycles. The first-order valence-corrected chi connectivity index (χ1v) is 5.41. The van der Waals surface area contributed by atoms with E-state index in [9.17, 15) is 18.5 Å². The van der Waals surface area contributed by atoms with Crippen molar-refractivity contribution in [2.45, 2.75) is 4.90 Å². The molecule has 0 unspecified atom stereocenters. The van der Waals surface area contributed by atoms with Crippen molar-refractivity contribution in [3.05, 3.63) is 22.2 Å². The maximum absolute atomic E-state index is 11.2. The number of rotatable bonds is 2. The second kappa shape index (κ2) is 4.50. The largest absolute Gasteiger partial charge is 1.00 e. The molecule has 2 aromatic rings. The van der Waals surface area contributed by atoms with Crippen molar-refractivity contribution in [3.8, 4) is 0 Å². The monoisotopic (exact) mass is 349 g/mol. The van der Waals surface area contributed by atoms with E-state index in [0.717, 1.165) is 12.1 Å². The third-order valence-corrected chi connectivity index (χ3v) is 2.78. The van der Waals surface area contributed by atoms with Crippen LogP contribution in [0.3, 0.4) is 0 Å². The van der Waals surface area contributed by atoms with E-state index in [1.54, 1.807) is 0 Å². The van der Waals surface area contributed by atoms with E-state index < -0.39 is 25.5 Å². The van der Waals surface area contributed by atoms with E-state index >= 15 is 0 Å². The number of primary sulfonamides is 1. The molecule has 2 rings (SSSR count). The number of benzene rings is 1. The molecule has 1 heterocycles. The van der Waals surface area contributed by atoms with Gasteiger partial charge < -0.3 is 10.2 Å². The third-order valence-electron chi connectivity index (χ3n) is 1.85. The molecule has 1 aromatic heterocycles. The van der Waals surface area contributed by atoms with Crippen LogP contribution in [0.5, 0.6) is 0 Å². The summed E-state index contributed by atoms with van der Waals surface area (Å²) in [4.78, 5) is 9.34. The maximum atomic E-state index is 11.2. The zero-order valence-corrected chi connectivity index (χ0v) is 10.2. The van der Waals surface area contributed by atoms with Crippen molar-refractivity contribution in [1.82, 2.24) is 15.4 Å². The molecule has 17 heavy (non-hydrogen) atoms. The van der Waals surface area contributed by atoms with Gasteiger partial charge in [0.1, 0.15) is 0 Å². The summed E-state index contributed by atoms with van der Waals surface area (Å²) in [5.74, 6) is 0. The molecule has 0 amide bonds. The van der Waals surface area contributed by atoms with Crippen molar-refractivity contribution in [3.63, 3.8) is 0 Å². The Kier molecular flexibility index (Phi) is 3.64. The number of non-ortho nitro benzene ring substituents is 1. The number of nitro benzene ring substituents is 1. The first kappa shape index (κ1) is 13.7. The Balaban J connectivity index is 0.00000144. The molecule has 0 saturated carbocycles. The SMILES string of the molecule is NS(=O)(=O)c1cc([N+](=O)[O-])cc2[n-]nnc12.[Ag+]. The summed E-state index contributed by atoms with van der Waals surface area (Å²) in [6.45, 7) is 0. The van der Waals surface area contributed by atoms with Gasteiger partial charge in [0.2, 0.25) is 10.0 Å². The van der Waals surface area contributed by atoms with E-state index in [4.69, 9.17) is 5.14 Å². The van der Waals surface area contributed by atoms with Crippen LogP contribution in [0.2, 0.25) is 0 Å². The Labute approximate surface area is 110 Å². The molecule has 0 fully saturated rings. The third kappa shape index (κ3) is 2.50. The van der Waals surface area contributed by atoms with E-state index in [0.29, 0.717) is 0 Å². The van der Waals surface area contributed by atoms with Crippen molar-refractivity contribution in [2.75, 3.05) is 0 Å². The van der Waals surface area contributed by atoms with Crippen LogP contribution in [0.25, 0.3) is 11.0 Å². The number of hydrogen-bond acceptors (Lipinski definition) is 6. The summed E-state index contributed by atoms with van der Waals surface area (Å²) in [6, 6.07) is 1.90. The Morgan fingerprint density at radius 2 is 2.06 bits per heavy atom. The van der Waals surface area contributed by atoms with Gasteiger partial charge >= 0.3 is 22.4 Å². The zero-order valence-electron chi connectivity index (χ0n) is 7.86. The molecule has 0 aliphatic carbocycles. The van der Waals surface area contributed by atoms with Crippen molar-refractivity contribution < 1.29 is 35.7 Å². The topological polar surface area (TPSA) is 143 Å². The minimum absolute atomic E-state index is 0. The van der Waals surface area contributed by atoms with Gasteiger partial charge in [0.15, 0.2) is 0 Å². The summed E-state index contributed by atoms with van der Waals surface area (Å²) >= 11 is 0. The minimum Gasteiger partial charge on any atom is -0.350 e. The predicted octanol–water partition coefficient (Wildman–Crippen LogP) is -0.860. The first-order chi connectivity index (χ1) is 7.39. The Hall–Kier alpha value is -1.33. The van der Waals surface area contributed by atoms with Gasteiger partial charge in [-0.05, 0) is 11.0 Å². The molecule has 0 aliphatic rings. The molecule has 9 nitrogen and oxygen atoms in total. The maximum Gasteiger partial charge on any atom is 1.00 e. The molecular formula is C6H4AgN5O4S. The van der Waals surface area contributed by atoms with Gasteiger partial charge in [-0.25, -0.2) is 13.6 Å². The molecule has 94 valence electrons. The molecule has 11 heteroatoms. The van der Waals surface area contributed by atoms with Crippen LogP contribution in [0.15, 0.2) is 17.0 Å². The summed E-state index contributed by atoms with van der Waals surface area (Å²) in [5, 5.41) is 25.6. The van der Waals surface area contributed by atoms with Gasteiger partial charge in [-0.1, -0.05) is 0 Å². The van der Waals surface area contributed by atoms with Crippen LogP contribution >= 0.6 is 0 Å². The number of fused-ring (bicyclic) bond motifs is 1. The van der Waals surface area contributed by atoms with E-state index in [1.165, 1.54) is 0 Å². The number of sulfonamides is 1. The number of nitrogens with two attached hydrogens (primary N) is 1. The van der Waals surface area contributed by atoms with Gasteiger partial charge in [0, 0.05) is 12.1 Å².